The van der Waals surface area contributed by atoms with Gasteiger partial charge >= 0.3 is 0 Å². The predicted octanol–water partition coefficient (Wildman–Crippen LogP) is 3.74. The Bertz CT molecular complexity index is 1220. The lowest BCUT2D eigenvalue weighted by molar-refractivity contribution is -0.125. The van der Waals surface area contributed by atoms with Crippen LogP contribution in [0, 0.1) is 13.8 Å². The first kappa shape index (κ1) is 21.3. The van der Waals surface area contributed by atoms with Gasteiger partial charge in [-0.15, -0.1) is 0 Å². The van der Waals surface area contributed by atoms with Crippen LogP contribution in [0.4, 0.5) is 0 Å². The average molecular weight is 435 g/mol. The van der Waals surface area contributed by atoms with Gasteiger partial charge in [-0.25, -0.2) is 8.42 Å². The van der Waals surface area contributed by atoms with Gasteiger partial charge in [0.05, 0.1) is 4.90 Å². The third-order valence-electron chi connectivity index (χ3n) is 5.82. The van der Waals surface area contributed by atoms with Crippen molar-refractivity contribution in [2.45, 2.75) is 44.3 Å². The summed E-state index contributed by atoms with van der Waals surface area (Å²) in [4.78, 5) is 13.4. The number of sulfonamides is 1. The fourth-order valence-corrected chi connectivity index (χ4v) is 5.67. The molecule has 160 valence electrons. The molecule has 0 aromatic heterocycles. The number of carbonyl (C=O) groups excluding carboxylic acids is 1. The second-order valence-electron chi connectivity index (χ2n) is 8.00. The summed E-state index contributed by atoms with van der Waals surface area (Å²) in [6, 6.07) is 21.6. The molecule has 5 nitrogen and oxygen atoms in total. The van der Waals surface area contributed by atoms with Crippen molar-refractivity contribution in [2.75, 3.05) is 0 Å². The molecule has 0 unspecified atom stereocenters. The summed E-state index contributed by atoms with van der Waals surface area (Å²) in [5.74, 6) is -0.283. The quantitative estimate of drug-likeness (QED) is 0.665. The van der Waals surface area contributed by atoms with Gasteiger partial charge in [-0.3, -0.25) is 4.79 Å². The Kier molecular flexibility index (Phi) is 5.94. The standard InChI is InChI=1S/C25H26N2O3S/c1-18-8-7-13-23(14-18)31(29,30)27-17-22-12-6-5-10-20(22)15-24(27)25(28)26-16-21-11-4-3-9-19(21)2/h3-14,24H,15-17H2,1-2H3,(H,26,28)/t24-/m1/s1. The number of nitrogens with zero attached hydrogens (tertiary/aromatic N) is 1. The van der Waals surface area contributed by atoms with Gasteiger partial charge in [-0.1, -0.05) is 60.7 Å². The van der Waals surface area contributed by atoms with Crippen LogP contribution in [0.5, 0.6) is 0 Å². The van der Waals surface area contributed by atoms with E-state index in [1.165, 1.54) is 4.31 Å². The molecule has 0 aliphatic carbocycles. The van der Waals surface area contributed by atoms with E-state index in [0.29, 0.717) is 13.0 Å². The molecule has 0 bridgehead atoms. The molecule has 0 saturated carbocycles. The first-order valence-electron chi connectivity index (χ1n) is 10.3. The van der Waals surface area contributed by atoms with Crippen LogP contribution in [0.25, 0.3) is 0 Å². The third kappa shape index (κ3) is 4.40. The van der Waals surface area contributed by atoms with Crippen molar-refractivity contribution in [2.24, 2.45) is 0 Å². The van der Waals surface area contributed by atoms with Crippen LogP contribution in [0.3, 0.4) is 0 Å². The van der Waals surface area contributed by atoms with Crippen molar-refractivity contribution in [1.29, 1.82) is 0 Å². The van der Waals surface area contributed by atoms with E-state index >= 15 is 0 Å². The van der Waals surface area contributed by atoms with E-state index in [2.05, 4.69) is 5.32 Å². The van der Waals surface area contributed by atoms with E-state index in [-0.39, 0.29) is 17.3 Å². The maximum Gasteiger partial charge on any atom is 0.244 e. The number of fused-ring (bicyclic) bond motifs is 1. The van der Waals surface area contributed by atoms with Gasteiger partial charge in [0.1, 0.15) is 6.04 Å². The zero-order valence-corrected chi connectivity index (χ0v) is 18.5. The van der Waals surface area contributed by atoms with Crippen LogP contribution in [-0.4, -0.2) is 24.7 Å². The molecule has 1 heterocycles. The molecule has 3 aromatic carbocycles. The lowest BCUT2D eigenvalue weighted by Crippen LogP contribution is -2.52. The SMILES string of the molecule is Cc1cccc(S(=O)(=O)N2Cc3ccccc3C[C@@H]2C(=O)NCc2ccccc2C)c1. The van der Waals surface area contributed by atoms with E-state index in [0.717, 1.165) is 27.8 Å². The molecule has 1 amide bonds. The Labute approximate surface area is 183 Å². The van der Waals surface area contributed by atoms with Gasteiger partial charge in [-0.2, -0.15) is 4.31 Å². The number of aryl methyl sites for hydroxylation is 2. The average Bonchev–Trinajstić information content (AvgIpc) is 2.77. The van der Waals surface area contributed by atoms with Gasteiger partial charge in [0.2, 0.25) is 15.9 Å². The summed E-state index contributed by atoms with van der Waals surface area (Å²) >= 11 is 0. The van der Waals surface area contributed by atoms with Crippen molar-refractivity contribution in [1.82, 2.24) is 9.62 Å². The van der Waals surface area contributed by atoms with Crippen molar-refractivity contribution < 1.29 is 13.2 Å². The van der Waals surface area contributed by atoms with E-state index in [1.54, 1.807) is 18.2 Å². The third-order valence-corrected chi connectivity index (χ3v) is 7.67. The largest absolute Gasteiger partial charge is 0.351 e. The van der Waals surface area contributed by atoms with Crippen LogP contribution < -0.4 is 5.32 Å². The van der Waals surface area contributed by atoms with Crippen LogP contribution in [0.2, 0.25) is 0 Å². The first-order chi connectivity index (χ1) is 14.9. The Hall–Kier alpha value is -2.96. The number of hydrogen-bond acceptors (Lipinski definition) is 3. The second-order valence-corrected chi connectivity index (χ2v) is 9.89. The molecule has 31 heavy (non-hydrogen) atoms. The van der Waals surface area contributed by atoms with Gasteiger partial charge in [0, 0.05) is 13.1 Å². The number of hydrogen-bond donors (Lipinski definition) is 1. The molecule has 3 aromatic rings. The number of amides is 1. The number of carbonyl (C=O) groups is 1. The molecule has 1 atom stereocenters. The zero-order chi connectivity index (χ0) is 22.0. The lowest BCUT2D eigenvalue weighted by atomic mass is 9.95. The van der Waals surface area contributed by atoms with Crippen LogP contribution >= 0.6 is 0 Å². The second kappa shape index (κ2) is 8.65. The van der Waals surface area contributed by atoms with Crippen LogP contribution in [0.15, 0.2) is 77.7 Å². The summed E-state index contributed by atoms with van der Waals surface area (Å²) in [6.07, 6.45) is 0.348. The molecule has 1 aliphatic rings. The minimum Gasteiger partial charge on any atom is -0.351 e. The summed E-state index contributed by atoms with van der Waals surface area (Å²) in [7, 11) is -3.84. The number of benzene rings is 3. The zero-order valence-electron chi connectivity index (χ0n) is 17.7. The molecule has 0 fully saturated rings. The minimum absolute atomic E-state index is 0.175. The number of rotatable bonds is 5. The first-order valence-corrected chi connectivity index (χ1v) is 11.8. The fourth-order valence-electron chi connectivity index (χ4n) is 3.99. The molecule has 0 saturated heterocycles. The maximum absolute atomic E-state index is 13.5. The minimum atomic E-state index is -3.84. The Balaban J connectivity index is 1.66. The van der Waals surface area contributed by atoms with Gasteiger partial charge in [0.25, 0.3) is 0 Å². The predicted molar refractivity (Wildman–Crippen MR) is 121 cm³/mol. The molecular formula is C25H26N2O3S. The highest BCUT2D eigenvalue weighted by Crippen LogP contribution is 2.29. The topological polar surface area (TPSA) is 66.5 Å². The molecule has 0 spiro atoms. The van der Waals surface area contributed by atoms with E-state index < -0.39 is 16.1 Å². The maximum atomic E-state index is 13.5. The van der Waals surface area contributed by atoms with Crippen LogP contribution in [0.1, 0.15) is 27.8 Å². The van der Waals surface area contributed by atoms with Crippen molar-refractivity contribution in [3.63, 3.8) is 0 Å². The van der Waals surface area contributed by atoms with Gasteiger partial charge < -0.3 is 5.32 Å². The monoisotopic (exact) mass is 434 g/mol. The van der Waals surface area contributed by atoms with E-state index in [1.807, 2.05) is 68.4 Å². The highest BCUT2D eigenvalue weighted by Gasteiger charge is 2.39. The van der Waals surface area contributed by atoms with E-state index in [9.17, 15) is 13.2 Å². The van der Waals surface area contributed by atoms with Crippen molar-refractivity contribution in [3.8, 4) is 0 Å². The molecule has 1 N–H and O–H groups in total. The van der Waals surface area contributed by atoms with Gasteiger partial charge in [-0.05, 0) is 60.2 Å². The van der Waals surface area contributed by atoms with Crippen molar-refractivity contribution in [3.05, 3.63) is 101 Å². The van der Waals surface area contributed by atoms with Crippen LogP contribution in [-0.2, 0) is 34.3 Å². The summed E-state index contributed by atoms with van der Waals surface area (Å²) in [6.45, 7) is 4.39. The summed E-state index contributed by atoms with van der Waals surface area (Å²) < 4.78 is 28.4. The lowest BCUT2D eigenvalue weighted by Gasteiger charge is -2.35. The highest BCUT2D eigenvalue weighted by atomic mass is 32.2. The van der Waals surface area contributed by atoms with E-state index in [4.69, 9.17) is 0 Å². The normalized spacial score (nSPS) is 16.5. The smallest absolute Gasteiger partial charge is 0.244 e. The molecule has 0 radical (unpaired) electrons. The summed E-state index contributed by atoms with van der Waals surface area (Å²) in [5.41, 5.74) is 4.90. The summed E-state index contributed by atoms with van der Waals surface area (Å²) in [5, 5.41) is 2.96. The Morgan fingerprint density at radius 3 is 2.42 bits per heavy atom. The van der Waals surface area contributed by atoms with Crippen molar-refractivity contribution >= 4 is 15.9 Å². The highest BCUT2D eigenvalue weighted by molar-refractivity contribution is 7.89. The molecule has 1 aliphatic heterocycles. The molecule has 4 rings (SSSR count). The number of nitrogens with one attached hydrogen (secondary N) is 1. The Morgan fingerprint density at radius 2 is 1.68 bits per heavy atom. The molecular weight excluding hydrogens is 408 g/mol. The Morgan fingerprint density at radius 1 is 0.968 bits per heavy atom. The molecule has 6 heteroatoms. The van der Waals surface area contributed by atoms with Gasteiger partial charge in [0.15, 0.2) is 0 Å². The fraction of sp³-hybridized carbons (Fsp3) is 0.240.